The molecule has 0 heterocycles. The Balaban J connectivity index is 3.15. The average Bonchev–Trinajstić information content (AvgIpc) is 2.11. The van der Waals surface area contributed by atoms with Crippen molar-refractivity contribution in [2.24, 2.45) is 16.1 Å². The van der Waals surface area contributed by atoms with Crippen LogP contribution in [0.2, 0.25) is 5.02 Å². The predicted molar refractivity (Wildman–Crippen MR) is 62.1 cm³/mol. The van der Waals surface area contributed by atoms with Gasteiger partial charge in [-0.3, -0.25) is 0 Å². The summed E-state index contributed by atoms with van der Waals surface area (Å²) in [6, 6.07) is 4.66. The molecule has 0 amide bonds. The molecular weight excluding hydrogens is 215 g/mol. The largest absolute Gasteiger partial charge is 0.387 e. The Morgan fingerprint density at radius 3 is 2.53 bits per heavy atom. The van der Waals surface area contributed by atoms with Gasteiger partial charge in [-0.05, 0) is 12.1 Å². The molecule has 0 aliphatic carbocycles. The van der Waals surface area contributed by atoms with Crippen LogP contribution >= 0.6 is 11.6 Å². The van der Waals surface area contributed by atoms with Gasteiger partial charge in [0, 0.05) is 5.41 Å². The number of hydrogen-bond donors (Lipinski definition) is 1. The molecule has 0 radical (unpaired) electrons. The van der Waals surface area contributed by atoms with Crippen molar-refractivity contribution in [2.75, 3.05) is 0 Å². The van der Waals surface area contributed by atoms with Crippen molar-refractivity contribution in [3.8, 4) is 0 Å². The maximum atomic E-state index is 13.5. The molecular formula is C11H14ClFN2. The highest BCUT2D eigenvalue weighted by Gasteiger charge is 2.16. The highest BCUT2D eigenvalue weighted by atomic mass is 35.5. The summed E-state index contributed by atoms with van der Waals surface area (Å²) in [5, 5.41) is 0.0537. The molecule has 15 heavy (non-hydrogen) atoms. The lowest BCUT2D eigenvalue weighted by Gasteiger charge is -2.17. The predicted octanol–water partition coefficient (Wildman–Crippen LogP) is 3.51. The number of nitrogens with two attached hydrogens (primary N) is 1. The van der Waals surface area contributed by atoms with Crippen molar-refractivity contribution in [1.82, 2.24) is 0 Å². The van der Waals surface area contributed by atoms with E-state index in [2.05, 4.69) is 4.99 Å². The molecule has 0 saturated heterocycles. The SMILES string of the molecule is CC(C)(C)C(N)=Nc1cccc(Cl)c1F. The summed E-state index contributed by atoms with van der Waals surface area (Å²) in [7, 11) is 0. The molecule has 0 aromatic heterocycles. The van der Waals surface area contributed by atoms with Gasteiger partial charge in [-0.2, -0.15) is 0 Å². The summed E-state index contributed by atoms with van der Waals surface area (Å²) < 4.78 is 13.5. The zero-order valence-corrected chi connectivity index (χ0v) is 9.77. The van der Waals surface area contributed by atoms with Crippen molar-refractivity contribution in [3.05, 3.63) is 29.0 Å². The molecule has 1 rings (SSSR count). The summed E-state index contributed by atoms with van der Waals surface area (Å²) in [6.07, 6.45) is 0. The van der Waals surface area contributed by atoms with Crippen LogP contribution in [0.25, 0.3) is 0 Å². The van der Waals surface area contributed by atoms with Crippen LogP contribution in [0.15, 0.2) is 23.2 Å². The van der Waals surface area contributed by atoms with E-state index in [0.29, 0.717) is 5.84 Å². The smallest absolute Gasteiger partial charge is 0.167 e. The molecule has 0 aliphatic rings. The van der Waals surface area contributed by atoms with Crippen molar-refractivity contribution < 1.29 is 4.39 Å². The van der Waals surface area contributed by atoms with Gasteiger partial charge in [0.15, 0.2) is 5.82 Å². The number of hydrogen-bond acceptors (Lipinski definition) is 1. The zero-order valence-electron chi connectivity index (χ0n) is 9.01. The van der Waals surface area contributed by atoms with Gasteiger partial charge in [0.1, 0.15) is 11.5 Å². The molecule has 1 aromatic carbocycles. The lowest BCUT2D eigenvalue weighted by molar-refractivity contribution is 0.583. The van der Waals surface area contributed by atoms with Crippen LogP contribution in [-0.4, -0.2) is 5.84 Å². The van der Waals surface area contributed by atoms with Crippen LogP contribution in [0.4, 0.5) is 10.1 Å². The number of aliphatic imine (C=N–C) groups is 1. The Morgan fingerprint density at radius 2 is 2.00 bits per heavy atom. The molecule has 0 aliphatic heterocycles. The Kier molecular flexibility index (Phi) is 3.35. The average molecular weight is 229 g/mol. The van der Waals surface area contributed by atoms with Gasteiger partial charge < -0.3 is 5.73 Å². The van der Waals surface area contributed by atoms with Crippen LogP contribution in [0.5, 0.6) is 0 Å². The van der Waals surface area contributed by atoms with Crippen molar-refractivity contribution in [3.63, 3.8) is 0 Å². The normalized spacial score (nSPS) is 13.0. The van der Waals surface area contributed by atoms with Crippen LogP contribution in [0.3, 0.4) is 0 Å². The van der Waals surface area contributed by atoms with Crippen LogP contribution < -0.4 is 5.73 Å². The Labute approximate surface area is 94.0 Å². The van der Waals surface area contributed by atoms with Gasteiger partial charge in [0.2, 0.25) is 0 Å². The van der Waals surface area contributed by atoms with E-state index in [9.17, 15) is 4.39 Å². The molecule has 0 saturated carbocycles. The second-order valence-corrected chi connectivity index (χ2v) is 4.73. The van der Waals surface area contributed by atoms with Gasteiger partial charge in [-0.15, -0.1) is 0 Å². The molecule has 82 valence electrons. The zero-order chi connectivity index (χ0) is 11.6. The fraction of sp³-hybridized carbons (Fsp3) is 0.364. The van der Waals surface area contributed by atoms with Crippen LogP contribution in [0, 0.1) is 11.2 Å². The minimum absolute atomic E-state index is 0.0537. The van der Waals surface area contributed by atoms with Gasteiger partial charge in [-0.25, -0.2) is 9.38 Å². The number of amidine groups is 1. The first-order valence-corrected chi connectivity index (χ1v) is 4.99. The van der Waals surface area contributed by atoms with Crippen LogP contribution in [0.1, 0.15) is 20.8 Å². The van der Waals surface area contributed by atoms with E-state index in [1.54, 1.807) is 12.1 Å². The Hall–Kier alpha value is -1.09. The number of benzene rings is 1. The maximum absolute atomic E-state index is 13.5. The summed E-state index contributed by atoms with van der Waals surface area (Å²) in [5.41, 5.74) is 5.63. The third kappa shape index (κ3) is 2.93. The molecule has 0 unspecified atom stereocenters. The third-order valence-electron chi connectivity index (χ3n) is 1.94. The molecule has 0 bridgehead atoms. The lowest BCUT2D eigenvalue weighted by Crippen LogP contribution is -2.28. The van der Waals surface area contributed by atoms with E-state index in [4.69, 9.17) is 17.3 Å². The van der Waals surface area contributed by atoms with E-state index in [1.165, 1.54) is 6.07 Å². The molecule has 0 atom stereocenters. The van der Waals surface area contributed by atoms with Crippen LogP contribution in [-0.2, 0) is 0 Å². The van der Waals surface area contributed by atoms with Crippen molar-refractivity contribution in [1.29, 1.82) is 0 Å². The first kappa shape index (κ1) is 12.0. The minimum Gasteiger partial charge on any atom is -0.387 e. The second-order valence-electron chi connectivity index (χ2n) is 4.32. The molecule has 2 N–H and O–H groups in total. The summed E-state index contributed by atoms with van der Waals surface area (Å²) in [6.45, 7) is 5.73. The number of rotatable bonds is 1. The standard InChI is InChI=1S/C11H14ClFN2/c1-11(2,3)10(14)15-8-6-4-5-7(12)9(8)13/h4-6H,1-3H3,(H2,14,15). The fourth-order valence-electron chi connectivity index (χ4n) is 0.876. The summed E-state index contributed by atoms with van der Waals surface area (Å²) >= 11 is 5.63. The topological polar surface area (TPSA) is 38.4 Å². The number of nitrogens with zero attached hydrogens (tertiary/aromatic N) is 1. The van der Waals surface area contributed by atoms with E-state index in [1.807, 2.05) is 20.8 Å². The molecule has 2 nitrogen and oxygen atoms in total. The van der Waals surface area contributed by atoms with E-state index < -0.39 is 5.82 Å². The number of halogens is 2. The molecule has 4 heteroatoms. The van der Waals surface area contributed by atoms with Gasteiger partial charge >= 0.3 is 0 Å². The van der Waals surface area contributed by atoms with Gasteiger partial charge in [0.25, 0.3) is 0 Å². The van der Waals surface area contributed by atoms with E-state index in [0.717, 1.165) is 0 Å². The summed E-state index contributed by atoms with van der Waals surface area (Å²) in [4.78, 5) is 4.03. The highest BCUT2D eigenvalue weighted by molar-refractivity contribution is 6.31. The second kappa shape index (κ2) is 4.19. The third-order valence-corrected chi connectivity index (χ3v) is 2.23. The molecule has 1 aromatic rings. The quantitative estimate of drug-likeness (QED) is 0.580. The monoisotopic (exact) mass is 228 g/mol. The first-order valence-electron chi connectivity index (χ1n) is 4.61. The van der Waals surface area contributed by atoms with Crippen molar-refractivity contribution >= 4 is 23.1 Å². The molecule has 0 fully saturated rings. The van der Waals surface area contributed by atoms with Gasteiger partial charge in [-0.1, -0.05) is 38.4 Å². The highest BCUT2D eigenvalue weighted by Crippen LogP contribution is 2.26. The maximum Gasteiger partial charge on any atom is 0.167 e. The van der Waals surface area contributed by atoms with Crippen molar-refractivity contribution in [2.45, 2.75) is 20.8 Å². The Morgan fingerprint density at radius 1 is 1.40 bits per heavy atom. The van der Waals surface area contributed by atoms with E-state index in [-0.39, 0.29) is 16.1 Å². The summed E-state index contributed by atoms with van der Waals surface area (Å²) in [5.74, 6) is -0.157. The first-order chi connectivity index (χ1) is 6.82. The minimum atomic E-state index is -0.536. The van der Waals surface area contributed by atoms with E-state index >= 15 is 0 Å². The Bertz CT molecular complexity index is 394. The fourth-order valence-corrected chi connectivity index (χ4v) is 1.05. The van der Waals surface area contributed by atoms with Gasteiger partial charge in [0.05, 0.1) is 5.02 Å². The molecule has 0 spiro atoms. The lowest BCUT2D eigenvalue weighted by atomic mass is 9.95.